The molecule has 1 atom stereocenters. The van der Waals surface area contributed by atoms with Gasteiger partial charge in [-0.1, -0.05) is 0 Å². The van der Waals surface area contributed by atoms with Crippen LogP contribution in [0.3, 0.4) is 0 Å². The van der Waals surface area contributed by atoms with Gasteiger partial charge in [-0.15, -0.1) is 0 Å². The molecule has 1 fully saturated rings. The molecule has 1 aliphatic heterocycles. The van der Waals surface area contributed by atoms with Gasteiger partial charge >= 0.3 is 6.18 Å². The highest BCUT2D eigenvalue weighted by atomic mass is 19.4. The molecular weight excluding hydrogens is 259 g/mol. The smallest absolute Gasteiger partial charge is 0.378 e. The van der Waals surface area contributed by atoms with Crippen molar-refractivity contribution >= 4 is 5.78 Å². The summed E-state index contributed by atoms with van der Waals surface area (Å²) < 4.78 is 43.8. The van der Waals surface area contributed by atoms with Gasteiger partial charge in [0.25, 0.3) is 5.78 Å². The number of hydrogen-bond acceptors (Lipinski definition) is 2. The van der Waals surface area contributed by atoms with E-state index in [0.717, 1.165) is 32.3 Å². The zero-order chi connectivity index (χ0) is 13.9. The first kappa shape index (κ1) is 14.1. The largest absolute Gasteiger partial charge is 0.454 e. The lowest BCUT2D eigenvalue weighted by molar-refractivity contribution is -0.0885. The van der Waals surface area contributed by atoms with Gasteiger partial charge in [-0.2, -0.15) is 13.2 Å². The number of carbonyl (C=O) groups excluding carboxylic acids is 1. The van der Waals surface area contributed by atoms with Crippen LogP contribution < -0.4 is 0 Å². The predicted octanol–water partition coefficient (Wildman–Crippen LogP) is 3.19. The van der Waals surface area contributed by atoms with E-state index in [1.165, 1.54) is 18.5 Å². The van der Waals surface area contributed by atoms with Crippen LogP contribution in [0.25, 0.3) is 0 Å². The van der Waals surface area contributed by atoms with Crippen molar-refractivity contribution in [2.24, 2.45) is 0 Å². The minimum atomic E-state index is -4.80. The first-order valence-electron chi connectivity index (χ1n) is 6.36. The third-order valence-electron chi connectivity index (χ3n) is 3.24. The Kier molecular flexibility index (Phi) is 4.29. The number of aryl methyl sites for hydroxylation is 1. The summed E-state index contributed by atoms with van der Waals surface area (Å²) in [5.41, 5.74) is -0.301. The summed E-state index contributed by atoms with van der Waals surface area (Å²) >= 11 is 0. The summed E-state index contributed by atoms with van der Waals surface area (Å²) in [6.07, 6.45) is 2.12. The van der Waals surface area contributed by atoms with E-state index in [1.807, 2.05) is 0 Å². The maximum atomic E-state index is 12.2. The van der Waals surface area contributed by atoms with E-state index in [2.05, 4.69) is 0 Å². The Labute approximate surface area is 109 Å². The number of aromatic nitrogens is 1. The minimum Gasteiger partial charge on any atom is -0.378 e. The molecule has 0 saturated carbocycles. The molecule has 0 amide bonds. The summed E-state index contributed by atoms with van der Waals surface area (Å²) in [6, 6.07) is 1.21. The Balaban J connectivity index is 1.82. The Morgan fingerprint density at radius 3 is 2.89 bits per heavy atom. The van der Waals surface area contributed by atoms with E-state index in [-0.39, 0.29) is 11.7 Å². The third-order valence-corrected chi connectivity index (χ3v) is 3.24. The van der Waals surface area contributed by atoms with Crippen molar-refractivity contribution in [2.75, 3.05) is 6.61 Å². The summed E-state index contributed by atoms with van der Waals surface area (Å²) in [5.74, 6) is -1.79. The number of ether oxygens (including phenoxy) is 1. The fraction of sp³-hybridized carbons (Fsp3) is 0.615. The van der Waals surface area contributed by atoms with Gasteiger partial charge in [-0.3, -0.25) is 4.79 Å². The lowest BCUT2D eigenvalue weighted by atomic mass is 10.1. The van der Waals surface area contributed by atoms with E-state index in [4.69, 9.17) is 4.74 Å². The highest BCUT2D eigenvalue weighted by Crippen LogP contribution is 2.22. The molecule has 0 spiro atoms. The van der Waals surface area contributed by atoms with E-state index < -0.39 is 12.0 Å². The van der Waals surface area contributed by atoms with Crippen LogP contribution in [0, 0.1) is 0 Å². The molecule has 1 unspecified atom stereocenters. The fourth-order valence-electron chi connectivity index (χ4n) is 2.25. The maximum Gasteiger partial charge on any atom is 0.454 e. The second-order valence-electron chi connectivity index (χ2n) is 4.74. The molecular formula is C13H16F3NO2. The first-order chi connectivity index (χ1) is 8.97. The molecule has 2 rings (SSSR count). The highest BCUT2D eigenvalue weighted by Gasteiger charge is 2.39. The van der Waals surface area contributed by atoms with Gasteiger partial charge in [0.15, 0.2) is 0 Å². The molecule has 6 heteroatoms. The van der Waals surface area contributed by atoms with Crippen molar-refractivity contribution in [3.8, 4) is 0 Å². The van der Waals surface area contributed by atoms with Crippen molar-refractivity contribution in [1.82, 2.24) is 4.57 Å². The summed E-state index contributed by atoms with van der Waals surface area (Å²) in [4.78, 5) is 11.0. The van der Waals surface area contributed by atoms with Gasteiger partial charge in [0, 0.05) is 31.1 Å². The topological polar surface area (TPSA) is 31.2 Å². The molecule has 19 heavy (non-hydrogen) atoms. The van der Waals surface area contributed by atoms with Crippen LogP contribution in [-0.2, 0) is 11.3 Å². The van der Waals surface area contributed by atoms with E-state index in [9.17, 15) is 18.0 Å². The minimum absolute atomic E-state index is 0.284. The molecule has 0 aliphatic carbocycles. The van der Waals surface area contributed by atoms with Gasteiger partial charge < -0.3 is 9.30 Å². The standard InChI is InChI=1S/C13H16F3NO2/c14-13(15,16)12(18)10-5-7-17(9-10)6-1-3-11-4-2-8-19-11/h5,7,9,11H,1-4,6,8H2. The van der Waals surface area contributed by atoms with Crippen LogP contribution >= 0.6 is 0 Å². The van der Waals surface area contributed by atoms with Crippen molar-refractivity contribution in [3.05, 3.63) is 24.0 Å². The first-order valence-corrected chi connectivity index (χ1v) is 6.36. The summed E-state index contributed by atoms with van der Waals surface area (Å²) in [5, 5.41) is 0. The molecule has 1 saturated heterocycles. The van der Waals surface area contributed by atoms with Crippen LogP contribution in [0.2, 0.25) is 0 Å². The Morgan fingerprint density at radius 2 is 2.26 bits per heavy atom. The molecule has 1 aromatic heterocycles. The van der Waals surface area contributed by atoms with Crippen molar-refractivity contribution in [3.63, 3.8) is 0 Å². The number of rotatable bonds is 5. The van der Waals surface area contributed by atoms with Crippen molar-refractivity contribution in [2.45, 2.75) is 44.5 Å². The molecule has 2 heterocycles. The van der Waals surface area contributed by atoms with Crippen LogP contribution in [0.1, 0.15) is 36.0 Å². The Morgan fingerprint density at radius 1 is 1.47 bits per heavy atom. The lowest BCUT2D eigenvalue weighted by Crippen LogP contribution is -2.22. The average molecular weight is 275 g/mol. The Hall–Kier alpha value is -1.30. The number of carbonyl (C=O) groups is 1. The second kappa shape index (κ2) is 5.77. The summed E-state index contributed by atoms with van der Waals surface area (Å²) in [6.45, 7) is 1.41. The number of ketones is 1. The zero-order valence-corrected chi connectivity index (χ0v) is 10.4. The number of alkyl halides is 3. The molecule has 1 aromatic rings. The van der Waals surface area contributed by atoms with Gasteiger partial charge in [0.05, 0.1) is 6.10 Å². The van der Waals surface area contributed by atoms with E-state index in [0.29, 0.717) is 6.54 Å². The molecule has 0 aromatic carbocycles. The number of halogens is 3. The second-order valence-corrected chi connectivity index (χ2v) is 4.74. The van der Waals surface area contributed by atoms with Crippen LogP contribution in [-0.4, -0.2) is 29.2 Å². The monoisotopic (exact) mass is 275 g/mol. The normalized spacial score (nSPS) is 19.8. The van der Waals surface area contributed by atoms with E-state index >= 15 is 0 Å². The number of Topliss-reactive ketones (excluding diaryl/α,β-unsaturated/α-hetero) is 1. The SMILES string of the molecule is O=C(c1ccn(CCCC2CCCO2)c1)C(F)(F)F. The molecule has 0 radical (unpaired) electrons. The Bertz CT molecular complexity index is 433. The van der Waals surface area contributed by atoms with Crippen molar-refractivity contribution in [1.29, 1.82) is 0 Å². The van der Waals surface area contributed by atoms with Crippen molar-refractivity contribution < 1.29 is 22.7 Å². The van der Waals surface area contributed by atoms with E-state index in [1.54, 1.807) is 4.57 Å². The van der Waals surface area contributed by atoms with Crippen LogP contribution in [0.5, 0.6) is 0 Å². The zero-order valence-electron chi connectivity index (χ0n) is 10.4. The molecule has 106 valence electrons. The highest BCUT2D eigenvalue weighted by molar-refractivity contribution is 6.00. The van der Waals surface area contributed by atoms with Gasteiger partial charge in [0.2, 0.25) is 0 Å². The lowest BCUT2D eigenvalue weighted by Gasteiger charge is -2.09. The molecule has 0 bridgehead atoms. The number of nitrogens with zero attached hydrogens (tertiary/aromatic N) is 1. The summed E-state index contributed by atoms with van der Waals surface area (Å²) in [7, 11) is 0. The van der Waals surface area contributed by atoms with Crippen LogP contribution in [0.4, 0.5) is 13.2 Å². The third kappa shape index (κ3) is 3.83. The number of hydrogen-bond donors (Lipinski definition) is 0. The van der Waals surface area contributed by atoms with Gasteiger partial charge in [-0.05, 0) is 31.7 Å². The maximum absolute atomic E-state index is 12.2. The molecule has 1 aliphatic rings. The van der Waals surface area contributed by atoms with Gasteiger partial charge in [-0.25, -0.2) is 0 Å². The van der Waals surface area contributed by atoms with Gasteiger partial charge in [0.1, 0.15) is 0 Å². The fourth-order valence-corrected chi connectivity index (χ4v) is 2.25. The predicted molar refractivity (Wildman–Crippen MR) is 63.0 cm³/mol. The average Bonchev–Trinajstić information content (AvgIpc) is 2.97. The molecule has 3 nitrogen and oxygen atoms in total. The van der Waals surface area contributed by atoms with Crippen LogP contribution in [0.15, 0.2) is 18.5 Å². The molecule has 0 N–H and O–H groups in total. The quantitative estimate of drug-likeness (QED) is 0.773.